The van der Waals surface area contributed by atoms with Gasteiger partial charge < -0.3 is 9.63 Å². The summed E-state index contributed by atoms with van der Waals surface area (Å²) in [5.41, 5.74) is 2.51. The first kappa shape index (κ1) is 14.6. The van der Waals surface area contributed by atoms with Gasteiger partial charge in [0.1, 0.15) is 0 Å². The SMILES string of the molecule is OCC1c2ccccc2CCN1Cc1nc(-c2cccs2)no1. The molecule has 1 aliphatic rings. The Kier molecular flexibility index (Phi) is 3.95. The number of benzene rings is 1. The number of hydrogen-bond acceptors (Lipinski definition) is 6. The van der Waals surface area contributed by atoms with E-state index in [1.165, 1.54) is 11.1 Å². The van der Waals surface area contributed by atoms with E-state index in [0.29, 0.717) is 18.3 Å². The van der Waals surface area contributed by atoms with Crippen LogP contribution in [-0.2, 0) is 13.0 Å². The molecule has 1 atom stereocenters. The zero-order valence-corrected chi connectivity index (χ0v) is 13.4. The van der Waals surface area contributed by atoms with Crippen LogP contribution in [0.5, 0.6) is 0 Å². The molecule has 23 heavy (non-hydrogen) atoms. The Hall–Kier alpha value is -2.02. The molecule has 6 heteroatoms. The molecule has 0 amide bonds. The molecule has 2 aromatic heterocycles. The molecule has 0 bridgehead atoms. The fourth-order valence-electron chi connectivity index (χ4n) is 3.11. The van der Waals surface area contributed by atoms with Crippen molar-refractivity contribution in [2.75, 3.05) is 13.2 Å². The Morgan fingerprint density at radius 2 is 2.17 bits per heavy atom. The lowest BCUT2D eigenvalue weighted by atomic mass is 9.93. The molecule has 1 N–H and O–H groups in total. The van der Waals surface area contributed by atoms with Gasteiger partial charge in [0.2, 0.25) is 11.7 Å². The largest absolute Gasteiger partial charge is 0.394 e. The molecule has 0 aliphatic carbocycles. The molecule has 1 unspecified atom stereocenters. The van der Waals surface area contributed by atoms with Gasteiger partial charge in [0.15, 0.2) is 0 Å². The van der Waals surface area contributed by atoms with Crippen molar-refractivity contribution >= 4 is 11.3 Å². The molecule has 5 nitrogen and oxygen atoms in total. The molecule has 1 aromatic carbocycles. The highest BCUT2D eigenvalue weighted by Crippen LogP contribution is 2.30. The zero-order chi connectivity index (χ0) is 15.6. The predicted molar refractivity (Wildman–Crippen MR) is 88.0 cm³/mol. The van der Waals surface area contributed by atoms with E-state index < -0.39 is 0 Å². The summed E-state index contributed by atoms with van der Waals surface area (Å²) >= 11 is 1.59. The Labute approximate surface area is 138 Å². The third-order valence-electron chi connectivity index (χ3n) is 4.24. The van der Waals surface area contributed by atoms with E-state index in [0.717, 1.165) is 17.8 Å². The van der Waals surface area contributed by atoms with Crippen LogP contribution in [0.2, 0.25) is 0 Å². The summed E-state index contributed by atoms with van der Waals surface area (Å²) in [4.78, 5) is 7.69. The van der Waals surface area contributed by atoms with Gasteiger partial charge in [-0.15, -0.1) is 11.3 Å². The van der Waals surface area contributed by atoms with Gasteiger partial charge in [0.25, 0.3) is 0 Å². The Morgan fingerprint density at radius 3 is 3.00 bits per heavy atom. The second-order valence-electron chi connectivity index (χ2n) is 5.61. The van der Waals surface area contributed by atoms with Crippen molar-refractivity contribution in [3.63, 3.8) is 0 Å². The van der Waals surface area contributed by atoms with E-state index in [1.54, 1.807) is 11.3 Å². The molecule has 3 heterocycles. The maximum Gasteiger partial charge on any atom is 0.241 e. The average Bonchev–Trinajstić information content (AvgIpc) is 3.26. The molecule has 3 aromatic rings. The summed E-state index contributed by atoms with van der Waals surface area (Å²) in [7, 11) is 0. The third-order valence-corrected chi connectivity index (χ3v) is 5.11. The lowest BCUT2D eigenvalue weighted by Crippen LogP contribution is -2.36. The van der Waals surface area contributed by atoms with Crippen LogP contribution in [0.1, 0.15) is 23.1 Å². The van der Waals surface area contributed by atoms with Crippen LogP contribution in [0, 0.1) is 0 Å². The van der Waals surface area contributed by atoms with Crippen LogP contribution < -0.4 is 0 Å². The first-order valence-electron chi connectivity index (χ1n) is 7.64. The number of aliphatic hydroxyl groups is 1. The standard InChI is InChI=1S/C17H17N3O2S/c21-11-14-13-5-2-1-4-12(13)7-8-20(14)10-16-18-17(19-22-16)15-6-3-9-23-15/h1-6,9,14,21H,7-8,10-11H2. The second-order valence-corrected chi connectivity index (χ2v) is 6.55. The first-order chi connectivity index (χ1) is 11.3. The number of aromatic nitrogens is 2. The fourth-order valence-corrected chi connectivity index (χ4v) is 3.75. The van der Waals surface area contributed by atoms with Crippen LogP contribution in [0.4, 0.5) is 0 Å². The summed E-state index contributed by atoms with van der Waals surface area (Å²) in [6.07, 6.45) is 0.971. The Morgan fingerprint density at radius 1 is 1.26 bits per heavy atom. The van der Waals surface area contributed by atoms with Crippen LogP contribution in [0.3, 0.4) is 0 Å². The molecular formula is C17H17N3O2S. The molecular weight excluding hydrogens is 310 g/mol. The smallest absolute Gasteiger partial charge is 0.241 e. The number of aliphatic hydroxyl groups excluding tert-OH is 1. The highest BCUT2D eigenvalue weighted by Gasteiger charge is 2.28. The summed E-state index contributed by atoms with van der Waals surface area (Å²) < 4.78 is 5.39. The lowest BCUT2D eigenvalue weighted by molar-refractivity contribution is 0.0971. The van der Waals surface area contributed by atoms with Crippen molar-refractivity contribution in [1.29, 1.82) is 0 Å². The summed E-state index contributed by atoms with van der Waals surface area (Å²) in [6.45, 7) is 1.51. The molecule has 0 spiro atoms. The first-order valence-corrected chi connectivity index (χ1v) is 8.52. The van der Waals surface area contributed by atoms with Crippen LogP contribution in [0.25, 0.3) is 10.7 Å². The van der Waals surface area contributed by atoms with Gasteiger partial charge in [-0.3, -0.25) is 4.90 Å². The number of rotatable bonds is 4. The van der Waals surface area contributed by atoms with E-state index in [-0.39, 0.29) is 12.6 Å². The van der Waals surface area contributed by atoms with E-state index in [4.69, 9.17) is 4.52 Å². The normalized spacial score (nSPS) is 18.0. The lowest BCUT2D eigenvalue weighted by Gasteiger charge is -2.35. The minimum atomic E-state index is -0.0166. The Balaban J connectivity index is 1.55. The van der Waals surface area contributed by atoms with Gasteiger partial charge >= 0.3 is 0 Å². The highest BCUT2D eigenvalue weighted by atomic mass is 32.1. The average molecular weight is 327 g/mol. The van der Waals surface area contributed by atoms with Gasteiger partial charge in [-0.1, -0.05) is 35.5 Å². The molecule has 4 rings (SSSR count). The van der Waals surface area contributed by atoms with Crippen LogP contribution in [0.15, 0.2) is 46.3 Å². The van der Waals surface area contributed by atoms with Crippen molar-refractivity contribution in [3.8, 4) is 10.7 Å². The fraction of sp³-hybridized carbons (Fsp3) is 0.294. The van der Waals surface area contributed by atoms with Gasteiger partial charge in [-0.25, -0.2) is 0 Å². The molecule has 0 saturated heterocycles. The second kappa shape index (κ2) is 6.23. The van der Waals surface area contributed by atoms with Crippen LogP contribution in [-0.4, -0.2) is 33.3 Å². The molecule has 118 valence electrons. The maximum atomic E-state index is 9.84. The van der Waals surface area contributed by atoms with Crippen molar-refractivity contribution in [3.05, 3.63) is 58.8 Å². The molecule has 0 radical (unpaired) electrons. The zero-order valence-electron chi connectivity index (χ0n) is 12.6. The quantitative estimate of drug-likeness (QED) is 0.798. The number of fused-ring (bicyclic) bond motifs is 1. The van der Waals surface area contributed by atoms with Gasteiger partial charge in [0.05, 0.1) is 24.1 Å². The topological polar surface area (TPSA) is 62.4 Å². The number of hydrogen-bond donors (Lipinski definition) is 1. The maximum absolute atomic E-state index is 9.84. The summed E-state index contributed by atoms with van der Waals surface area (Å²) in [5, 5.41) is 15.9. The van der Waals surface area contributed by atoms with Gasteiger partial charge in [-0.05, 0) is 29.0 Å². The van der Waals surface area contributed by atoms with E-state index in [9.17, 15) is 5.11 Å². The molecule has 0 saturated carbocycles. The van der Waals surface area contributed by atoms with E-state index in [1.807, 2.05) is 29.6 Å². The van der Waals surface area contributed by atoms with Crippen molar-refractivity contribution in [2.45, 2.75) is 19.0 Å². The van der Waals surface area contributed by atoms with Crippen LogP contribution >= 0.6 is 11.3 Å². The van der Waals surface area contributed by atoms with Gasteiger partial charge in [-0.2, -0.15) is 4.98 Å². The van der Waals surface area contributed by atoms with Crippen molar-refractivity contribution < 1.29 is 9.63 Å². The third kappa shape index (κ3) is 2.81. The highest BCUT2D eigenvalue weighted by molar-refractivity contribution is 7.13. The Bertz CT molecular complexity index is 785. The van der Waals surface area contributed by atoms with E-state index in [2.05, 4.69) is 27.2 Å². The van der Waals surface area contributed by atoms with Crippen molar-refractivity contribution in [1.82, 2.24) is 15.0 Å². The van der Waals surface area contributed by atoms with Gasteiger partial charge in [0, 0.05) is 6.54 Å². The van der Waals surface area contributed by atoms with Crippen molar-refractivity contribution in [2.24, 2.45) is 0 Å². The minimum Gasteiger partial charge on any atom is -0.394 e. The number of nitrogens with zero attached hydrogens (tertiary/aromatic N) is 3. The number of thiophene rings is 1. The van der Waals surface area contributed by atoms with E-state index >= 15 is 0 Å². The minimum absolute atomic E-state index is 0.0166. The monoisotopic (exact) mass is 327 g/mol. The molecule has 0 fully saturated rings. The predicted octanol–water partition coefficient (Wildman–Crippen LogP) is 2.89. The summed E-state index contributed by atoms with van der Waals surface area (Å²) in [5.74, 6) is 1.22. The summed E-state index contributed by atoms with van der Waals surface area (Å²) in [6, 6.07) is 12.2. The molecule has 1 aliphatic heterocycles.